The van der Waals surface area contributed by atoms with Crippen molar-refractivity contribution in [2.24, 2.45) is 0 Å². The summed E-state index contributed by atoms with van der Waals surface area (Å²) in [6.45, 7) is 3.42. The van der Waals surface area contributed by atoms with Crippen LogP contribution in [-0.4, -0.2) is 5.11 Å². The Kier molecular flexibility index (Phi) is 4.83. The maximum absolute atomic E-state index is 13.9. The third-order valence-electron chi connectivity index (χ3n) is 3.35. The highest BCUT2D eigenvalue weighted by molar-refractivity contribution is 9.10. The SMILES string of the molecule is CCC(Nc1cc(F)c(C)cc1F)c1cc(Br)ccc1O. The molecule has 1 unspecified atom stereocenters. The van der Waals surface area contributed by atoms with Gasteiger partial charge in [0.2, 0.25) is 0 Å². The average Bonchev–Trinajstić information content (AvgIpc) is 2.44. The van der Waals surface area contributed by atoms with Gasteiger partial charge in [0.15, 0.2) is 0 Å². The highest BCUT2D eigenvalue weighted by Crippen LogP contribution is 2.33. The van der Waals surface area contributed by atoms with E-state index in [4.69, 9.17) is 0 Å². The Labute approximate surface area is 130 Å². The molecule has 0 fully saturated rings. The van der Waals surface area contributed by atoms with Crippen LogP contribution in [0.25, 0.3) is 0 Å². The highest BCUT2D eigenvalue weighted by Gasteiger charge is 2.16. The van der Waals surface area contributed by atoms with Gasteiger partial charge < -0.3 is 10.4 Å². The molecule has 0 aliphatic heterocycles. The van der Waals surface area contributed by atoms with Gasteiger partial charge in [0.05, 0.1) is 11.7 Å². The molecule has 2 aromatic rings. The number of anilines is 1. The Morgan fingerprint density at radius 3 is 2.57 bits per heavy atom. The Bertz CT molecular complexity index is 661. The van der Waals surface area contributed by atoms with Gasteiger partial charge in [-0.05, 0) is 43.2 Å². The third-order valence-corrected chi connectivity index (χ3v) is 3.84. The van der Waals surface area contributed by atoms with Crippen molar-refractivity contribution in [1.29, 1.82) is 0 Å². The first-order valence-corrected chi connectivity index (χ1v) is 7.42. The zero-order valence-electron chi connectivity index (χ0n) is 11.8. The van der Waals surface area contributed by atoms with Crippen molar-refractivity contribution in [3.8, 4) is 5.75 Å². The molecule has 0 radical (unpaired) electrons. The second-order valence-corrected chi connectivity index (χ2v) is 5.81. The van der Waals surface area contributed by atoms with Crippen LogP contribution in [0.1, 0.15) is 30.5 Å². The fraction of sp³-hybridized carbons (Fsp3) is 0.250. The summed E-state index contributed by atoms with van der Waals surface area (Å²) in [6, 6.07) is 7.03. The Hall–Kier alpha value is -1.62. The smallest absolute Gasteiger partial charge is 0.146 e. The largest absolute Gasteiger partial charge is 0.508 e. The van der Waals surface area contributed by atoms with Crippen LogP contribution in [0.4, 0.5) is 14.5 Å². The first kappa shape index (κ1) is 15.8. The van der Waals surface area contributed by atoms with E-state index in [2.05, 4.69) is 21.2 Å². The number of rotatable bonds is 4. The number of aryl methyl sites for hydroxylation is 1. The minimum Gasteiger partial charge on any atom is -0.508 e. The van der Waals surface area contributed by atoms with Crippen LogP contribution in [0, 0.1) is 18.6 Å². The Morgan fingerprint density at radius 2 is 1.90 bits per heavy atom. The normalized spacial score (nSPS) is 12.2. The van der Waals surface area contributed by atoms with Crippen molar-refractivity contribution in [3.05, 3.63) is 57.6 Å². The van der Waals surface area contributed by atoms with E-state index in [0.29, 0.717) is 12.0 Å². The molecule has 0 saturated heterocycles. The second-order valence-electron chi connectivity index (χ2n) is 4.89. The quantitative estimate of drug-likeness (QED) is 0.779. The van der Waals surface area contributed by atoms with Gasteiger partial charge in [-0.3, -0.25) is 0 Å². The summed E-state index contributed by atoms with van der Waals surface area (Å²) in [4.78, 5) is 0. The van der Waals surface area contributed by atoms with Crippen LogP contribution in [0.3, 0.4) is 0 Å². The zero-order chi connectivity index (χ0) is 15.6. The van der Waals surface area contributed by atoms with E-state index in [9.17, 15) is 13.9 Å². The van der Waals surface area contributed by atoms with E-state index in [-0.39, 0.29) is 23.0 Å². The maximum atomic E-state index is 13.9. The molecule has 0 amide bonds. The number of nitrogens with one attached hydrogen (secondary N) is 1. The minimum atomic E-state index is -0.512. The van der Waals surface area contributed by atoms with E-state index in [1.54, 1.807) is 18.2 Å². The summed E-state index contributed by atoms with van der Waals surface area (Å²) in [7, 11) is 0. The molecule has 0 aliphatic carbocycles. The number of aromatic hydroxyl groups is 1. The summed E-state index contributed by atoms with van der Waals surface area (Å²) in [5.41, 5.74) is 0.980. The highest BCUT2D eigenvalue weighted by atomic mass is 79.9. The van der Waals surface area contributed by atoms with E-state index < -0.39 is 11.6 Å². The monoisotopic (exact) mass is 355 g/mol. The lowest BCUT2D eigenvalue weighted by Gasteiger charge is -2.21. The van der Waals surface area contributed by atoms with Gasteiger partial charge in [0, 0.05) is 16.1 Å². The number of halogens is 3. The Balaban J connectivity index is 2.35. The molecule has 21 heavy (non-hydrogen) atoms. The molecule has 0 saturated carbocycles. The fourth-order valence-corrected chi connectivity index (χ4v) is 2.53. The van der Waals surface area contributed by atoms with Crippen molar-refractivity contribution in [2.45, 2.75) is 26.3 Å². The predicted octanol–water partition coefficient (Wildman–Crippen LogP) is 5.30. The summed E-state index contributed by atoms with van der Waals surface area (Å²) >= 11 is 3.34. The molecular formula is C16H16BrF2NO. The van der Waals surface area contributed by atoms with Crippen LogP contribution < -0.4 is 5.32 Å². The standard InChI is InChI=1S/C16H16BrF2NO/c1-3-14(11-7-10(17)4-5-16(11)21)20-15-8-12(18)9(2)6-13(15)19/h4-8,14,20-21H,3H2,1-2H3. The number of phenols is 1. The molecule has 2 aromatic carbocycles. The van der Waals surface area contributed by atoms with Gasteiger partial charge >= 0.3 is 0 Å². The van der Waals surface area contributed by atoms with Crippen LogP contribution in [0.15, 0.2) is 34.8 Å². The van der Waals surface area contributed by atoms with E-state index in [1.807, 2.05) is 6.92 Å². The summed E-state index contributed by atoms with van der Waals surface area (Å²) in [5, 5.41) is 12.9. The number of hydrogen-bond acceptors (Lipinski definition) is 2. The molecule has 0 bridgehead atoms. The maximum Gasteiger partial charge on any atom is 0.146 e. The van der Waals surface area contributed by atoms with Crippen molar-refractivity contribution >= 4 is 21.6 Å². The number of hydrogen-bond donors (Lipinski definition) is 2. The minimum absolute atomic E-state index is 0.0873. The summed E-state index contributed by atoms with van der Waals surface area (Å²) < 4.78 is 28.3. The van der Waals surface area contributed by atoms with Gasteiger partial charge in [-0.2, -0.15) is 0 Å². The van der Waals surface area contributed by atoms with E-state index in [1.165, 1.54) is 6.92 Å². The first-order valence-electron chi connectivity index (χ1n) is 6.63. The van der Waals surface area contributed by atoms with Crippen molar-refractivity contribution in [2.75, 3.05) is 5.32 Å². The van der Waals surface area contributed by atoms with Crippen LogP contribution in [0.5, 0.6) is 5.75 Å². The molecular weight excluding hydrogens is 340 g/mol. The molecule has 0 spiro atoms. The second kappa shape index (κ2) is 6.43. The molecule has 2 N–H and O–H groups in total. The molecule has 2 nitrogen and oxygen atoms in total. The molecule has 1 atom stereocenters. The van der Waals surface area contributed by atoms with Crippen LogP contribution in [-0.2, 0) is 0 Å². The van der Waals surface area contributed by atoms with Crippen molar-refractivity contribution in [3.63, 3.8) is 0 Å². The van der Waals surface area contributed by atoms with Crippen molar-refractivity contribution in [1.82, 2.24) is 0 Å². The lowest BCUT2D eigenvalue weighted by atomic mass is 10.0. The fourth-order valence-electron chi connectivity index (χ4n) is 2.15. The predicted molar refractivity (Wildman–Crippen MR) is 83.6 cm³/mol. The average molecular weight is 356 g/mol. The summed E-state index contributed by atoms with van der Waals surface area (Å²) in [5.74, 6) is -0.861. The van der Waals surface area contributed by atoms with Gasteiger partial charge in [-0.1, -0.05) is 22.9 Å². The van der Waals surface area contributed by atoms with E-state index >= 15 is 0 Å². The van der Waals surface area contributed by atoms with Crippen LogP contribution >= 0.6 is 15.9 Å². The first-order chi connectivity index (χ1) is 9.92. The lowest BCUT2D eigenvalue weighted by Crippen LogP contribution is -2.11. The molecule has 0 aromatic heterocycles. The summed E-state index contributed by atoms with van der Waals surface area (Å²) in [6.07, 6.45) is 0.610. The van der Waals surface area contributed by atoms with Gasteiger partial charge in [0.25, 0.3) is 0 Å². The topological polar surface area (TPSA) is 32.3 Å². The van der Waals surface area contributed by atoms with Crippen molar-refractivity contribution < 1.29 is 13.9 Å². The molecule has 112 valence electrons. The zero-order valence-corrected chi connectivity index (χ0v) is 13.3. The van der Waals surface area contributed by atoms with Gasteiger partial charge in [0.1, 0.15) is 17.4 Å². The number of phenolic OH excluding ortho intramolecular Hbond substituents is 1. The molecule has 5 heteroatoms. The molecule has 0 aliphatic rings. The van der Waals surface area contributed by atoms with E-state index in [0.717, 1.165) is 16.6 Å². The van der Waals surface area contributed by atoms with Crippen LogP contribution in [0.2, 0.25) is 0 Å². The molecule has 2 rings (SSSR count). The van der Waals surface area contributed by atoms with Gasteiger partial charge in [-0.25, -0.2) is 8.78 Å². The number of benzene rings is 2. The molecule has 0 heterocycles. The Morgan fingerprint density at radius 1 is 1.19 bits per heavy atom. The third kappa shape index (κ3) is 3.53. The lowest BCUT2D eigenvalue weighted by molar-refractivity contribution is 0.462. The van der Waals surface area contributed by atoms with Gasteiger partial charge in [-0.15, -0.1) is 0 Å².